The van der Waals surface area contributed by atoms with E-state index in [2.05, 4.69) is 10.5 Å². The second kappa shape index (κ2) is 10.1. The van der Waals surface area contributed by atoms with Crippen LogP contribution in [0.1, 0.15) is 26.3 Å². The van der Waals surface area contributed by atoms with Crippen LogP contribution in [0.4, 0.5) is 4.39 Å². The highest BCUT2D eigenvalue weighted by atomic mass is 35.5. The number of hydrogen-bond donors (Lipinski definition) is 1. The van der Waals surface area contributed by atoms with Gasteiger partial charge in [0.1, 0.15) is 5.82 Å². The Kier molecular flexibility index (Phi) is 7.23. The summed E-state index contributed by atoms with van der Waals surface area (Å²) in [4.78, 5) is 24.3. The highest BCUT2D eigenvalue weighted by Crippen LogP contribution is 2.29. The van der Waals surface area contributed by atoms with E-state index in [9.17, 15) is 14.0 Å². The Morgan fingerprint density at radius 2 is 1.77 bits per heavy atom. The van der Waals surface area contributed by atoms with Crippen molar-refractivity contribution >= 4 is 41.3 Å². The molecule has 1 N–H and O–H groups in total. The van der Waals surface area contributed by atoms with E-state index in [1.165, 1.54) is 55.8 Å². The van der Waals surface area contributed by atoms with Crippen molar-refractivity contribution in [2.45, 2.75) is 0 Å². The van der Waals surface area contributed by atoms with Crippen molar-refractivity contribution in [2.24, 2.45) is 5.10 Å². The zero-order valence-electron chi connectivity index (χ0n) is 16.1. The van der Waals surface area contributed by atoms with Crippen molar-refractivity contribution in [1.29, 1.82) is 0 Å². The molecule has 0 aliphatic heterocycles. The predicted molar refractivity (Wildman–Crippen MR) is 116 cm³/mol. The first-order valence-corrected chi connectivity index (χ1v) is 9.58. The molecule has 9 heteroatoms. The van der Waals surface area contributed by atoms with Crippen molar-refractivity contribution in [3.8, 4) is 11.5 Å². The Hall–Kier alpha value is -3.42. The summed E-state index contributed by atoms with van der Waals surface area (Å²) >= 11 is 11.8. The Morgan fingerprint density at radius 1 is 1.00 bits per heavy atom. The van der Waals surface area contributed by atoms with Crippen LogP contribution in [-0.4, -0.2) is 25.2 Å². The van der Waals surface area contributed by atoms with E-state index < -0.39 is 17.7 Å². The number of benzene rings is 3. The van der Waals surface area contributed by atoms with Crippen molar-refractivity contribution in [2.75, 3.05) is 7.11 Å². The van der Waals surface area contributed by atoms with Gasteiger partial charge in [0.05, 0.1) is 34.5 Å². The minimum atomic E-state index is -0.687. The fraction of sp³-hybridized carbons (Fsp3) is 0.0455. The molecule has 3 aromatic carbocycles. The average Bonchev–Trinajstić information content (AvgIpc) is 2.76. The van der Waals surface area contributed by atoms with Gasteiger partial charge in [-0.25, -0.2) is 14.6 Å². The van der Waals surface area contributed by atoms with Gasteiger partial charge in [-0.05, 0) is 54.1 Å². The first-order chi connectivity index (χ1) is 14.9. The Labute approximate surface area is 187 Å². The Morgan fingerprint density at radius 3 is 2.48 bits per heavy atom. The second-order valence-electron chi connectivity index (χ2n) is 6.11. The number of halogens is 3. The maximum absolute atomic E-state index is 13.6. The number of carbonyl (C=O) groups is 2. The summed E-state index contributed by atoms with van der Waals surface area (Å²) in [6.07, 6.45) is 1.34. The van der Waals surface area contributed by atoms with Crippen LogP contribution in [0.3, 0.4) is 0 Å². The minimum absolute atomic E-state index is 0.123. The monoisotopic (exact) mass is 460 g/mol. The van der Waals surface area contributed by atoms with E-state index in [4.69, 9.17) is 32.7 Å². The average molecular weight is 461 g/mol. The van der Waals surface area contributed by atoms with Crippen molar-refractivity contribution in [3.05, 3.63) is 93.2 Å². The first kappa shape index (κ1) is 22.3. The fourth-order valence-corrected chi connectivity index (χ4v) is 2.80. The summed E-state index contributed by atoms with van der Waals surface area (Å²) in [5.41, 5.74) is 2.88. The highest BCUT2D eigenvalue weighted by molar-refractivity contribution is 6.42. The molecule has 0 heterocycles. The van der Waals surface area contributed by atoms with E-state index in [1.54, 1.807) is 18.2 Å². The smallest absolute Gasteiger partial charge is 0.343 e. The van der Waals surface area contributed by atoms with Crippen LogP contribution in [0.15, 0.2) is 65.8 Å². The molecule has 0 radical (unpaired) electrons. The molecule has 0 atom stereocenters. The summed E-state index contributed by atoms with van der Waals surface area (Å²) in [6.45, 7) is 0. The quantitative estimate of drug-likeness (QED) is 0.239. The van der Waals surface area contributed by atoms with Gasteiger partial charge in [-0.3, -0.25) is 4.79 Å². The molecular weight excluding hydrogens is 446 g/mol. The zero-order valence-corrected chi connectivity index (χ0v) is 17.6. The molecule has 0 aromatic heterocycles. The van der Waals surface area contributed by atoms with Crippen LogP contribution in [-0.2, 0) is 0 Å². The number of ether oxygens (including phenoxy) is 2. The van der Waals surface area contributed by atoms with Crippen molar-refractivity contribution < 1.29 is 23.5 Å². The molecule has 0 aliphatic carbocycles. The molecular formula is C22H15Cl2FN2O4. The molecule has 1 amide bonds. The third-order valence-electron chi connectivity index (χ3n) is 4.04. The Balaban J connectivity index is 1.70. The topological polar surface area (TPSA) is 77.0 Å². The molecule has 6 nitrogen and oxygen atoms in total. The van der Waals surface area contributed by atoms with Crippen LogP contribution < -0.4 is 14.9 Å². The number of rotatable bonds is 6. The van der Waals surface area contributed by atoms with Gasteiger partial charge < -0.3 is 9.47 Å². The summed E-state index contributed by atoms with van der Waals surface area (Å²) in [5, 5.41) is 4.36. The molecule has 31 heavy (non-hydrogen) atoms. The van der Waals surface area contributed by atoms with Gasteiger partial charge in [0.15, 0.2) is 11.5 Å². The van der Waals surface area contributed by atoms with Gasteiger partial charge in [0, 0.05) is 0 Å². The van der Waals surface area contributed by atoms with Crippen LogP contribution in [0.25, 0.3) is 0 Å². The summed E-state index contributed by atoms with van der Waals surface area (Å²) in [6, 6.07) is 14.6. The molecule has 0 unspecified atom stereocenters. The van der Waals surface area contributed by atoms with Gasteiger partial charge >= 0.3 is 5.97 Å². The van der Waals surface area contributed by atoms with Crippen LogP contribution >= 0.6 is 23.2 Å². The molecule has 0 saturated carbocycles. The molecule has 0 bridgehead atoms. The lowest BCUT2D eigenvalue weighted by atomic mass is 10.2. The van der Waals surface area contributed by atoms with Crippen molar-refractivity contribution in [3.63, 3.8) is 0 Å². The van der Waals surface area contributed by atoms with E-state index in [0.29, 0.717) is 10.6 Å². The maximum atomic E-state index is 13.6. The van der Waals surface area contributed by atoms with Gasteiger partial charge in [-0.15, -0.1) is 0 Å². The summed E-state index contributed by atoms with van der Waals surface area (Å²) < 4.78 is 24.2. The van der Waals surface area contributed by atoms with E-state index in [1.807, 2.05) is 0 Å². The standard InChI is InChI=1S/C22H15Cl2FN2O4/c1-30-20-10-13(12-26-27-21(28)15-4-2-3-5-18(15)25)6-9-19(20)31-22(29)14-7-8-16(23)17(24)11-14/h2-12H,1H3,(H,27,28)/b26-12+. The van der Waals surface area contributed by atoms with E-state index in [-0.39, 0.29) is 27.6 Å². The molecule has 0 aliphatic rings. The van der Waals surface area contributed by atoms with Gasteiger partial charge in [0.2, 0.25) is 0 Å². The first-order valence-electron chi connectivity index (χ1n) is 8.82. The lowest BCUT2D eigenvalue weighted by Gasteiger charge is -2.10. The summed E-state index contributed by atoms with van der Waals surface area (Å²) in [5.74, 6) is -1.54. The van der Waals surface area contributed by atoms with Gasteiger partial charge in [0.25, 0.3) is 5.91 Å². The fourth-order valence-electron chi connectivity index (χ4n) is 2.50. The molecule has 0 fully saturated rings. The number of nitrogens with one attached hydrogen (secondary N) is 1. The summed E-state index contributed by atoms with van der Waals surface area (Å²) in [7, 11) is 1.41. The lowest BCUT2D eigenvalue weighted by molar-refractivity contribution is 0.0729. The number of esters is 1. The van der Waals surface area contributed by atoms with Crippen LogP contribution in [0, 0.1) is 5.82 Å². The highest BCUT2D eigenvalue weighted by Gasteiger charge is 2.14. The number of hydrogen-bond acceptors (Lipinski definition) is 5. The number of amides is 1. The van der Waals surface area contributed by atoms with Crippen LogP contribution in [0.2, 0.25) is 10.0 Å². The zero-order chi connectivity index (χ0) is 22.4. The normalized spacial score (nSPS) is 10.7. The van der Waals surface area contributed by atoms with Gasteiger partial charge in [-0.2, -0.15) is 5.10 Å². The molecule has 3 aromatic rings. The molecule has 158 valence electrons. The molecule has 3 rings (SSSR count). The third-order valence-corrected chi connectivity index (χ3v) is 4.78. The molecule has 0 spiro atoms. The molecule has 0 saturated heterocycles. The largest absolute Gasteiger partial charge is 0.493 e. The third kappa shape index (κ3) is 5.59. The van der Waals surface area contributed by atoms with Crippen molar-refractivity contribution in [1.82, 2.24) is 5.43 Å². The number of carbonyl (C=O) groups excluding carboxylic acids is 2. The maximum Gasteiger partial charge on any atom is 0.343 e. The SMILES string of the molecule is COc1cc(/C=N/NC(=O)c2ccccc2F)ccc1OC(=O)c1ccc(Cl)c(Cl)c1. The number of hydrazone groups is 1. The Bertz CT molecular complexity index is 1170. The van der Waals surface area contributed by atoms with E-state index in [0.717, 1.165) is 0 Å². The van der Waals surface area contributed by atoms with E-state index >= 15 is 0 Å². The number of methoxy groups -OCH3 is 1. The number of nitrogens with zero attached hydrogens (tertiary/aromatic N) is 1. The predicted octanol–water partition coefficient (Wildman–Crippen LogP) is 5.12. The lowest BCUT2D eigenvalue weighted by Crippen LogP contribution is -2.18. The van der Waals surface area contributed by atoms with Gasteiger partial charge in [-0.1, -0.05) is 35.3 Å². The minimum Gasteiger partial charge on any atom is -0.493 e. The van der Waals surface area contributed by atoms with Crippen LogP contribution in [0.5, 0.6) is 11.5 Å². The second-order valence-corrected chi connectivity index (χ2v) is 6.92.